The van der Waals surface area contributed by atoms with E-state index in [1.54, 1.807) is 0 Å². The largest absolute Gasteiger partial charge is 0.406 e. The molecule has 0 aromatic heterocycles. The normalized spacial score (nSPS) is 11.2. The van der Waals surface area contributed by atoms with Crippen LogP contribution in [0.1, 0.15) is 13.8 Å². The van der Waals surface area contributed by atoms with Gasteiger partial charge in [-0.25, -0.2) is 0 Å². The summed E-state index contributed by atoms with van der Waals surface area (Å²) in [6.07, 6.45) is 0. The lowest BCUT2D eigenvalue weighted by Crippen LogP contribution is -2.22. The maximum atomic E-state index is 5.08. The fourth-order valence-corrected chi connectivity index (χ4v) is 0.676. The fraction of sp³-hybridized carbons (Fsp3) is 1.00. The van der Waals surface area contributed by atoms with Crippen molar-refractivity contribution in [3.8, 4) is 0 Å². The molecule has 0 aromatic rings. The molecule has 0 aromatic carbocycles. The van der Waals surface area contributed by atoms with E-state index in [9.17, 15) is 0 Å². The predicted molar refractivity (Wildman–Crippen MR) is 44.0 cm³/mol. The quantitative estimate of drug-likeness (QED) is 0.395. The summed E-state index contributed by atoms with van der Waals surface area (Å²) >= 11 is 0. The molecule has 0 fully saturated rings. The SMILES string of the molecule is CCOC(OCC)OCO[SiH3]. The van der Waals surface area contributed by atoms with Gasteiger partial charge in [0.25, 0.3) is 6.48 Å². The van der Waals surface area contributed by atoms with Crippen molar-refractivity contribution in [2.45, 2.75) is 20.3 Å². The molecule has 0 saturated heterocycles. The average Bonchev–Trinajstić information content (AvgIpc) is 2.01. The van der Waals surface area contributed by atoms with Crippen LogP contribution >= 0.6 is 0 Å². The molecular formula is C6H16O4Si. The van der Waals surface area contributed by atoms with Crippen LogP contribution in [0.15, 0.2) is 0 Å². The number of hydrogen-bond acceptors (Lipinski definition) is 4. The standard InChI is InChI=1S/C6H16O4Si/c1-3-7-6(8-4-2)9-5-10-11/h6H,3-5H2,1-2,11H3. The molecule has 0 aliphatic heterocycles. The van der Waals surface area contributed by atoms with Crippen LogP contribution in [0.4, 0.5) is 0 Å². The van der Waals surface area contributed by atoms with Gasteiger partial charge in [0.1, 0.15) is 17.3 Å². The van der Waals surface area contributed by atoms with Crippen molar-refractivity contribution in [2.75, 3.05) is 20.0 Å². The van der Waals surface area contributed by atoms with Crippen LogP contribution in [0.3, 0.4) is 0 Å². The molecule has 0 bridgehead atoms. The van der Waals surface area contributed by atoms with Crippen molar-refractivity contribution in [3.05, 3.63) is 0 Å². The van der Waals surface area contributed by atoms with Crippen molar-refractivity contribution in [3.63, 3.8) is 0 Å². The monoisotopic (exact) mass is 180 g/mol. The van der Waals surface area contributed by atoms with Crippen molar-refractivity contribution in [2.24, 2.45) is 0 Å². The highest BCUT2D eigenvalue weighted by Gasteiger charge is 2.05. The Hall–Kier alpha value is 0.0569. The van der Waals surface area contributed by atoms with Crippen LogP contribution < -0.4 is 0 Å². The molecule has 0 aliphatic rings. The van der Waals surface area contributed by atoms with E-state index in [0.29, 0.717) is 23.7 Å². The van der Waals surface area contributed by atoms with Crippen molar-refractivity contribution in [1.29, 1.82) is 0 Å². The van der Waals surface area contributed by atoms with Crippen LogP contribution in [0.5, 0.6) is 0 Å². The summed E-state index contributed by atoms with van der Waals surface area (Å²) in [6, 6.07) is 0. The van der Waals surface area contributed by atoms with E-state index in [4.69, 9.17) is 18.6 Å². The Morgan fingerprint density at radius 2 is 1.64 bits per heavy atom. The minimum absolute atomic E-state index is 0.247. The fourth-order valence-electron chi connectivity index (χ4n) is 0.540. The van der Waals surface area contributed by atoms with E-state index in [1.807, 2.05) is 13.8 Å². The average molecular weight is 180 g/mol. The number of rotatable bonds is 7. The van der Waals surface area contributed by atoms with Crippen molar-refractivity contribution < 1.29 is 18.6 Å². The van der Waals surface area contributed by atoms with Gasteiger partial charge in [0.05, 0.1) is 0 Å². The van der Waals surface area contributed by atoms with Crippen molar-refractivity contribution in [1.82, 2.24) is 0 Å². The Kier molecular flexibility index (Phi) is 8.20. The van der Waals surface area contributed by atoms with Gasteiger partial charge in [0.15, 0.2) is 0 Å². The van der Waals surface area contributed by atoms with Crippen LogP contribution in [-0.2, 0) is 18.6 Å². The van der Waals surface area contributed by atoms with Gasteiger partial charge in [0, 0.05) is 13.2 Å². The van der Waals surface area contributed by atoms with E-state index < -0.39 is 6.48 Å². The third kappa shape index (κ3) is 6.45. The van der Waals surface area contributed by atoms with E-state index in [0.717, 1.165) is 0 Å². The summed E-state index contributed by atoms with van der Waals surface area (Å²) in [7, 11) is 0.667. The molecule has 0 rings (SSSR count). The third-order valence-corrected chi connectivity index (χ3v) is 1.16. The molecule has 11 heavy (non-hydrogen) atoms. The van der Waals surface area contributed by atoms with Gasteiger partial charge in [-0.15, -0.1) is 0 Å². The summed E-state index contributed by atoms with van der Waals surface area (Å²) in [5.41, 5.74) is 0. The molecular weight excluding hydrogens is 164 g/mol. The van der Waals surface area contributed by atoms with E-state index in [-0.39, 0.29) is 6.79 Å². The Morgan fingerprint density at radius 1 is 1.09 bits per heavy atom. The van der Waals surface area contributed by atoms with E-state index in [1.165, 1.54) is 0 Å². The minimum Gasteiger partial charge on any atom is -0.406 e. The number of hydrogen-bond donors (Lipinski definition) is 0. The van der Waals surface area contributed by atoms with Crippen molar-refractivity contribution >= 4 is 10.5 Å². The maximum absolute atomic E-state index is 5.08. The Bertz CT molecular complexity index is 75.0. The zero-order valence-electron chi connectivity index (χ0n) is 7.33. The summed E-state index contributed by atoms with van der Waals surface area (Å²) in [5.74, 6) is 0. The van der Waals surface area contributed by atoms with Crippen LogP contribution in [0.2, 0.25) is 0 Å². The van der Waals surface area contributed by atoms with Gasteiger partial charge in [-0.2, -0.15) is 0 Å². The Labute approximate surface area is 70.3 Å². The summed E-state index contributed by atoms with van der Waals surface area (Å²) < 4.78 is 20.0. The molecule has 4 nitrogen and oxygen atoms in total. The molecule has 0 aliphatic carbocycles. The first-order chi connectivity index (χ1) is 5.35. The van der Waals surface area contributed by atoms with Gasteiger partial charge in [-0.3, -0.25) is 0 Å². The lowest BCUT2D eigenvalue weighted by molar-refractivity contribution is -0.300. The van der Waals surface area contributed by atoms with Crippen LogP contribution in [0, 0.1) is 0 Å². The number of ether oxygens (including phenoxy) is 3. The van der Waals surface area contributed by atoms with Gasteiger partial charge in [0.2, 0.25) is 0 Å². The summed E-state index contributed by atoms with van der Waals surface area (Å²) in [5, 5.41) is 0. The molecule has 0 atom stereocenters. The summed E-state index contributed by atoms with van der Waals surface area (Å²) in [6.45, 7) is 4.60. The van der Waals surface area contributed by atoms with E-state index in [2.05, 4.69) is 0 Å². The molecule has 68 valence electrons. The van der Waals surface area contributed by atoms with Crippen LogP contribution in [-0.4, -0.2) is 37.0 Å². The second-order valence-corrected chi connectivity index (χ2v) is 2.35. The molecule has 0 spiro atoms. The highest BCUT2D eigenvalue weighted by Crippen LogP contribution is 1.96. The Balaban J connectivity index is 3.34. The zero-order chi connectivity index (χ0) is 8.53. The second kappa shape index (κ2) is 8.16. The highest BCUT2D eigenvalue weighted by atomic mass is 28.2. The lowest BCUT2D eigenvalue weighted by atomic mass is 10.8. The van der Waals surface area contributed by atoms with E-state index >= 15 is 0 Å². The first-order valence-electron chi connectivity index (χ1n) is 3.68. The van der Waals surface area contributed by atoms with Gasteiger partial charge >= 0.3 is 0 Å². The topological polar surface area (TPSA) is 36.9 Å². The lowest BCUT2D eigenvalue weighted by Gasteiger charge is -2.16. The minimum atomic E-state index is -0.570. The first-order valence-corrected chi connectivity index (χ1v) is 4.50. The molecule has 0 radical (unpaired) electrons. The molecule has 5 heteroatoms. The van der Waals surface area contributed by atoms with Crippen LogP contribution in [0.25, 0.3) is 0 Å². The van der Waals surface area contributed by atoms with Gasteiger partial charge < -0.3 is 18.6 Å². The molecule has 0 N–H and O–H groups in total. The summed E-state index contributed by atoms with van der Waals surface area (Å²) in [4.78, 5) is 0. The molecule has 0 saturated carbocycles. The first kappa shape index (κ1) is 11.1. The third-order valence-electron chi connectivity index (χ3n) is 0.927. The highest BCUT2D eigenvalue weighted by molar-refractivity contribution is 5.97. The maximum Gasteiger partial charge on any atom is 0.273 e. The second-order valence-electron chi connectivity index (χ2n) is 1.77. The smallest absolute Gasteiger partial charge is 0.273 e. The molecule has 0 amide bonds. The molecule has 0 heterocycles. The zero-order valence-corrected chi connectivity index (χ0v) is 9.33. The molecule has 0 unspecified atom stereocenters. The predicted octanol–water partition coefficient (Wildman–Crippen LogP) is -0.386. The van der Waals surface area contributed by atoms with Gasteiger partial charge in [-0.1, -0.05) is 0 Å². The van der Waals surface area contributed by atoms with Gasteiger partial charge in [-0.05, 0) is 13.8 Å². The Morgan fingerprint density at radius 3 is 2.00 bits per heavy atom.